The molecule has 90 valence electrons. The van der Waals surface area contributed by atoms with Gasteiger partial charge >= 0.3 is 5.97 Å². The topological polar surface area (TPSA) is 37.3 Å². The van der Waals surface area contributed by atoms with Gasteiger partial charge in [0.15, 0.2) is 0 Å². The zero-order chi connectivity index (χ0) is 12.3. The molecule has 0 bridgehead atoms. The number of benzene rings is 1. The first-order chi connectivity index (χ1) is 8.20. The number of hydrogen-bond acceptors (Lipinski definition) is 1. The molecule has 2 nitrogen and oxygen atoms in total. The van der Waals surface area contributed by atoms with Crippen molar-refractivity contribution in [1.29, 1.82) is 0 Å². The third kappa shape index (κ3) is 2.76. The fraction of sp³-hybridized carbons (Fsp3) is 0.400. The second kappa shape index (κ2) is 5.17. The fourth-order valence-corrected chi connectivity index (χ4v) is 2.28. The largest absolute Gasteiger partial charge is 0.481 e. The Balaban J connectivity index is 2.10. The van der Waals surface area contributed by atoms with Gasteiger partial charge in [0, 0.05) is 0 Å². The van der Waals surface area contributed by atoms with Gasteiger partial charge in [0.05, 0.1) is 5.92 Å². The second-order valence-corrected chi connectivity index (χ2v) is 4.59. The van der Waals surface area contributed by atoms with E-state index in [1.165, 1.54) is 16.7 Å². The van der Waals surface area contributed by atoms with E-state index in [4.69, 9.17) is 5.11 Å². The molecule has 0 aromatic heterocycles. The molecule has 0 fully saturated rings. The molecule has 0 spiro atoms. The summed E-state index contributed by atoms with van der Waals surface area (Å²) in [6.07, 6.45) is 5.45. The number of aryl methyl sites for hydroxylation is 1. The van der Waals surface area contributed by atoms with Gasteiger partial charge < -0.3 is 5.11 Å². The highest BCUT2D eigenvalue weighted by Crippen LogP contribution is 2.30. The number of allylic oxidation sites excluding steroid dienone is 2. The Morgan fingerprint density at radius 1 is 1.35 bits per heavy atom. The Morgan fingerprint density at radius 2 is 2.06 bits per heavy atom. The van der Waals surface area contributed by atoms with E-state index < -0.39 is 5.97 Å². The summed E-state index contributed by atoms with van der Waals surface area (Å²) in [5.74, 6) is -0.852. The fourth-order valence-electron chi connectivity index (χ4n) is 2.28. The summed E-state index contributed by atoms with van der Waals surface area (Å²) in [5.41, 5.74) is 3.88. The van der Waals surface area contributed by atoms with Gasteiger partial charge in [-0.3, -0.25) is 4.79 Å². The highest BCUT2D eigenvalue weighted by atomic mass is 16.4. The van der Waals surface area contributed by atoms with E-state index in [1.807, 2.05) is 0 Å². The van der Waals surface area contributed by atoms with Crippen LogP contribution < -0.4 is 0 Å². The van der Waals surface area contributed by atoms with Crippen LogP contribution in [0.15, 0.2) is 30.3 Å². The smallest absolute Gasteiger partial charge is 0.306 e. The quantitative estimate of drug-likeness (QED) is 0.862. The minimum Gasteiger partial charge on any atom is -0.481 e. The lowest BCUT2D eigenvalue weighted by molar-refractivity contribution is -0.141. The van der Waals surface area contributed by atoms with Crippen LogP contribution in [-0.2, 0) is 11.2 Å². The van der Waals surface area contributed by atoms with Crippen molar-refractivity contribution in [2.24, 2.45) is 5.92 Å². The monoisotopic (exact) mass is 230 g/mol. The summed E-state index contributed by atoms with van der Waals surface area (Å²) >= 11 is 0. The first-order valence-electron chi connectivity index (χ1n) is 6.22. The van der Waals surface area contributed by atoms with E-state index in [0.717, 1.165) is 19.3 Å². The van der Waals surface area contributed by atoms with Gasteiger partial charge in [0.1, 0.15) is 0 Å². The molecule has 0 saturated heterocycles. The van der Waals surface area contributed by atoms with Crippen LogP contribution in [0.2, 0.25) is 0 Å². The van der Waals surface area contributed by atoms with Gasteiger partial charge in [-0.05, 0) is 42.4 Å². The third-order valence-corrected chi connectivity index (χ3v) is 3.49. The van der Waals surface area contributed by atoms with Crippen LogP contribution >= 0.6 is 0 Å². The maximum atomic E-state index is 10.9. The van der Waals surface area contributed by atoms with Crippen molar-refractivity contribution >= 4 is 11.5 Å². The number of hydrogen-bond donors (Lipinski definition) is 1. The molecule has 0 radical (unpaired) electrons. The van der Waals surface area contributed by atoms with Gasteiger partial charge in [0.25, 0.3) is 0 Å². The Bertz CT molecular complexity index is 429. The van der Waals surface area contributed by atoms with E-state index in [9.17, 15) is 4.79 Å². The van der Waals surface area contributed by atoms with Crippen LogP contribution in [0.4, 0.5) is 0 Å². The summed E-state index contributed by atoms with van der Waals surface area (Å²) in [4.78, 5) is 10.9. The highest BCUT2D eigenvalue weighted by Gasteiger charge is 2.20. The first-order valence-corrected chi connectivity index (χ1v) is 6.22. The minimum atomic E-state index is -0.665. The van der Waals surface area contributed by atoms with Crippen LogP contribution in [0.1, 0.15) is 37.3 Å². The molecule has 1 aromatic rings. The Labute approximate surface area is 102 Å². The summed E-state index contributed by atoms with van der Waals surface area (Å²) < 4.78 is 0. The Kier molecular flexibility index (Phi) is 3.62. The van der Waals surface area contributed by atoms with Gasteiger partial charge in [-0.1, -0.05) is 37.3 Å². The predicted octanol–water partition coefficient (Wildman–Crippen LogP) is 3.52. The van der Waals surface area contributed by atoms with E-state index in [-0.39, 0.29) is 5.92 Å². The number of carboxylic acid groups (broad SMARTS) is 1. The molecule has 0 aliphatic heterocycles. The van der Waals surface area contributed by atoms with Crippen LogP contribution in [0, 0.1) is 5.92 Å². The lowest BCUT2D eigenvalue weighted by Crippen LogP contribution is -2.15. The van der Waals surface area contributed by atoms with Crippen LogP contribution in [-0.4, -0.2) is 11.1 Å². The van der Waals surface area contributed by atoms with Crippen molar-refractivity contribution < 1.29 is 9.90 Å². The molecule has 0 amide bonds. The molecule has 17 heavy (non-hydrogen) atoms. The zero-order valence-corrected chi connectivity index (χ0v) is 10.1. The highest BCUT2D eigenvalue weighted by molar-refractivity contribution is 5.74. The maximum Gasteiger partial charge on any atom is 0.306 e. The number of carboxylic acids is 1. The normalized spacial score (nSPS) is 19.8. The Hall–Kier alpha value is -1.57. The van der Waals surface area contributed by atoms with E-state index in [0.29, 0.717) is 6.42 Å². The maximum absolute atomic E-state index is 10.9. The average Bonchev–Trinajstić information content (AvgIpc) is 2.39. The van der Waals surface area contributed by atoms with E-state index in [2.05, 4.69) is 37.3 Å². The summed E-state index contributed by atoms with van der Waals surface area (Å²) in [6.45, 7) is 2.15. The van der Waals surface area contributed by atoms with Crippen molar-refractivity contribution in [1.82, 2.24) is 0 Å². The molecule has 0 heterocycles. The molecular formula is C15H18O2. The second-order valence-electron chi connectivity index (χ2n) is 4.59. The zero-order valence-electron chi connectivity index (χ0n) is 10.1. The van der Waals surface area contributed by atoms with Crippen molar-refractivity contribution in [2.45, 2.75) is 32.6 Å². The predicted molar refractivity (Wildman–Crippen MR) is 68.8 cm³/mol. The van der Waals surface area contributed by atoms with Crippen molar-refractivity contribution in [2.75, 3.05) is 0 Å². The third-order valence-electron chi connectivity index (χ3n) is 3.49. The van der Waals surface area contributed by atoms with Gasteiger partial charge in [-0.2, -0.15) is 0 Å². The average molecular weight is 230 g/mol. The van der Waals surface area contributed by atoms with E-state index in [1.54, 1.807) is 0 Å². The summed E-state index contributed by atoms with van der Waals surface area (Å²) in [5, 5.41) is 8.93. The molecule has 1 aliphatic rings. The first kappa shape index (κ1) is 11.9. The lowest BCUT2D eigenvalue weighted by atomic mass is 9.86. The van der Waals surface area contributed by atoms with Gasteiger partial charge in [0.2, 0.25) is 0 Å². The summed E-state index contributed by atoms with van der Waals surface area (Å²) in [6, 6.07) is 8.59. The molecule has 1 N–H and O–H groups in total. The van der Waals surface area contributed by atoms with E-state index >= 15 is 0 Å². The van der Waals surface area contributed by atoms with Crippen molar-refractivity contribution in [3.05, 3.63) is 41.5 Å². The molecular weight excluding hydrogens is 212 g/mol. The number of aliphatic carboxylic acids is 1. The summed E-state index contributed by atoms with van der Waals surface area (Å²) in [7, 11) is 0. The molecule has 0 saturated carbocycles. The minimum absolute atomic E-state index is 0.186. The number of carbonyl (C=O) groups is 1. The van der Waals surface area contributed by atoms with Gasteiger partial charge in [-0.25, -0.2) is 0 Å². The van der Waals surface area contributed by atoms with Crippen molar-refractivity contribution in [3.63, 3.8) is 0 Å². The standard InChI is InChI=1S/C15H18O2/c1-2-11-3-5-12(6-4-11)13-7-9-14(10-8-13)15(16)17/h3-7,14H,2,8-10H2,1H3,(H,16,17). The Morgan fingerprint density at radius 3 is 2.53 bits per heavy atom. The molecule has 2 rings (SSSR count). The molecule has 1 aromatic carbocycles. The molecule has 1 atom stereocenters. The number of rotatable bonds is 3. The molecule has 1 unspecified atom stereocenters. The van der Waals surface area contributed by atoms with Crippen molar-refractivity contribution in [3.8, 4) is 0 Å². The molecule has 2 heteroatoms. The van der Waals surface area contributed by atoms with Crippen LogP contribution in [0.25, 0.3) is 5.57 Å². The van der Waals surface area contributed by atoms with Gasteiger partial charge in [-0.15, -0.1) is 0 Å². The van der Waals surface area contributed by atoms with Crippen LogP contribution in [0.5, 0.6) is 0 Å². The molecule has 1 aliphatic carbocycles. The SMILES string of the molecule is CCc1ccc(C2=CCC(C(=O)O)CC2)cc1. The van der Waals surface area contributed by atoms with Crippen LogP contribution in [0.3, 0.4) is 0 Å². The lowest BCUT2D eigenvalue weighted by Gasteiger charge is -2.18.